The van der Waals surface area contributed by atoms with E-state index in [1.165, 1.54) is 11.4 Å². The Morgan fingerprint density at radius 1 is 1.00 bits per heavy atom. The van der Waals surface area contributed by atoms with Gasteiger partial charge < -0.3 is 4.74 Å². The molecule has 0 radical (unpaired) electrons. The van der Waals surface area contributed by atoms with Crippen LogP contribution in [-0.2, 0) is 19.6 Å². The standard InChI is InChI=1S/C23H21NO4S/c1-16-10-12-18(13-11-16)29(26,27)24-15-14-21(23(25)28-2)22(24)20-9-5-7-17-6-3-4-8-19(17)20/h3-14,22H,15H2,1-2H3. The van der Waals surface area contributed by atoms with E-state index in [1.807, 2.05) is 49.4 Å². The van der Waals surface area contributed by atoms with Crippen molar-refractivity contribution in [1.29, 1.82) is 0 Å². The van der Waals surface area contributed by atoms with Crippen molar-refractivity contribution in [2.45, 2.75) is 17.9 Å². The molecule has 0 fully saturated rings. The molecule has 4 rings (SSSR count). The lowest BCUT2D eigenvalue weighted by atomic mass is 9.95. The summed E-state index contributed by atoms with van der Waals surface area (Å²) in [6.07, 6.45) is 1.64. The van der Waals surface area contributed by atoms with E-state index in [2.05, 4.69) is 0 Å². The normalized spacial score (nSPS) is 17.3. The molecule has 1 atom stereocenters. The minimum absolute atomic E-state index is 0.106. The molecule has 0 aliphatic carbocycles. The van der Waals surface area contributed by atoms with Crippen LogP contribution in [0.2, 0.25) is 0 Å². The number of rotatable bonds is 4. The first-order valence-corrected chi connectivity index (χ1v) is 10.7. The van der Waals surface area contributed by atoms with Crippen LogP contribution in [0.25, 0.3) is 10.8 Å². The van der Waals surface area contributed by atoms with E-state index in [-0.39, 0.29) is 11.4 Å². The Balaban J connectivity index is 1.89. The van der Waals surface area contributed by atoms with E-state index in [4.69, 9.17) is 4.74 Å². The van der Waals surface area contributed by atoms with Crippen LogP contribution >= 0.6 is 0 Å². The van der Waals surface area contributed by atoms with Crippen LogP contribution < -0.4 is 0 Å². The van der Waals surface area contributed by atoms with E-state index >= 15 is 0 Å². The summed E-state index contributed by atoms with van der Waals surface area (Å²) in [5.74, 6) is -0.524. The molecule has 0 amide bonds. The summed E-state index contributed by atoms with van der Waals surface area (Å²) in [6.45, 7) is 2.01. The predicted octanol–water partition coefficient (Wildman–Crippen LogP) is 3.99. The monoisotopic (exact) mass is 407 g/mol. The Bertz CT molecular complexity index is 1210. The summed E-state index contributed by atoms with van der Waals surface area (Å²) in [7, 11) is -2.52. The maximum Gasteiger partial charge on any atom is 0.335 e. The van der Waals surface area contributed by atoms with Crippen LogP contribution in [0, 0.1) is 6.92 Å². The van der Waals surface area contributed by atoms with Gasteiger partial charge >= 0.3 is 5.97 Å². The maximum absolute atomic E-state index is 13.5. The van der Waals surface area contributed by atoms with Gasteiger partial charge in [-0.05, 0) is 35.4 Å². The van der Waals surface area contributed by atoms with Crippen molar-refractivity contribution in [1.82, 2.24) is 4.31 Å². The molecule has 1 heterocycles. The highest BCUT2D eigenvalue weighted by atomic mass is 32.2. The van der Waals surface area contributed by atoms with Crippen LogP contribution in [-0.4, -0.2) is 32.3 Å². The number of hydrogen-bond donors (Lipinski definition) is 0. The molecule has 5 nitrogen and oxygen atoms in total. The first-order chi connectivity index (χ1) is 13.9. The molecular weight excluding hydrogens is 386 g/mol. The second-order valence-corrected chi connectivity index (χ2v) is 8.90. The number of fused-ring (bicyclic) bond motifs is 1. The number of sulfonamides is 1. The van der Waals surface area contributed by atoms with Crippen molar-refractivity contribution in [2.75, 3.05) is 13.7 Å². The lowest BCUT2D eigenvalue weighted by Gasteiger charge is -2.27. The summed E-state index contributed by atoms with van der Waals surface area (Å²) < 4.78 is 33.2. The van der Waals surface area contributed by atoms with Crippen LogP contribution in [0.5, 0.6) is 0 Å². The van der Waals surface area contributed by atoms with Gasteiger partial charge in [-0.2, -0.15) is 4.31 Å². The molecule has 0 aromatic heterocycles. The minimum atomic E-state index is -3.82. The number of benzene rings is 3. The molecule has 0 saturated heterocycles. The summed E-state index contributed by atoms with van der Waals surface area (Å²) in [6, 6.07) is 19.4. The zero-order valence-corrected chi connectivity index (χ0v) is 17.0. The Hall–Kier alpha value is -2.96. The fourth-order valence-corrected chi connectivity index (χ4v) is 5.29. The van der Waals surface area contributed by atoms with E-state index in [1.54, 1.807) is 30.3 Å². The molecule has 0 N–H and O–H groups in total. The van der Waals surface area contributed by atoms with Gasteiger partial charge in [-0.15, -0.1) is 0 Å². The van der Waals surface area contributed by atoms with Crippen molar-refractivity contribution in [3.8, 4) is 0 Å². The summed E-state index contributed by atoms with van der Waals surface area (Å²) in [5.41, 5.74) is 2.07. The summed E-state index contributed by atoms with van der Waals surface area (Å²) >= 11 is 0. The van der Waals surface area contributed by atoms with Crippen LogP contribution in [0.4, 0.5) is 0 Å². The van der Waals surface area contributed by atoms with Gasteiger partial charge in [0.05, 0.1) is 23.6 Å². The van der Waals surface area contributed by atoms with Gasteiger partial charge in [0.15, 0.2) is 0 Å². The fraction of sp³-hybridized carbons (Fsp3) is 0.174. The highest BCUT2D eigenvalue weighted by molar-refractivity contribution is 7.89. The zero-order chi connectivity index (χ0) is 20.6. The molecule has 1 aliphatic rings. The molecule has 0 saturated carbocycles. The first-order valence-electron chi connectivity index (χ1n) is 9.28. The van der Waals surface area contributed by atoms with E-state index in [0.29, 0.717) is 5.57 Å². The summed E-state index contributed by atoms with van der Waals surface area (Å²) in [5, 5.41) is 1.88. The largest absolute Gasteiger partial charge is 0.466 e. The van der Waals surface area contributed by atoms with Crippen molar-refractivity contribution in [2.24, 2.45) is 0 Å². The average molecular weight is 407 g/mol. The minimum Gasteiger partial charge on any atom is -0.466 e. The Labute approximate surface area is 170 Å². The van der Waals surface area contributed by atoms with E-state index in [0.717, 1.165) is 21.9 Å². The van der Waals surface area contributed by atoms with Crippen LogP contribution in [0.15, 0.2) is 83.3 Å². The molecule has 1 aliphatic heterocycles. The molecule has 3 aromatic rings. The van der Waals surface area contributed by atoms with Crippen molar-refractivity contribution in [3.63, 3.8) is 0 Å². The van der Waals surface area contributed by atoms with Gasteiger partial charge in [0, 0.05) is 6.54 Å². The van der Waals surface area contributed by atoms with E-state index < -0.39 is 22.0 Å². The number of ether oxygens (including phenoxy) is 1. The zero-order valence-electron chi connectivity index (χ0n) is 16.2. The topological polar surface area (TPSA) is 63.7 Å². The summed E-state index contributed by atoms with van der Waals surface area (Å²) in [4.78, 5) is 12.7. The molecule has 0 bridgehead atoms. The second kappa shape index (κ2) is 7.46. The average Bonchev–Trinajstić information content (AvgIpc) is 3.19. The SMILES string of the molecule is COC(=O)C1=CCN(S(=O)(=O)c2ccc(C)cc2)C1c1cccc2ccccc12. The van der Waals surface area contributed by atoms with E-state index in [9.17, 15) is 13.2 Å². The van der Waals surface area contributed by atoms with Gasteiger partial charge in [0.2, 0.25) is 10.0 Å². The number of aryl methyl sites for hydroxylation is 1. The molecule has 3 aromatic carbocycles. The first kappa shape index (κ1) is 19.4. The third kappa shape index (κ3) is 3.34. The van der Waals surface area contributed by atoms with Crippen molar-refractivity contribution < 1.29 is 17.9 Å². The maximum atomic E-state index is 13.5. The smallest absolute Gasteiger partial charge is 0.335 e. The molecule has 29 heavy (non-hydrogen) atoms. The van der Waals surface area contributed by atoms with Gasteiger partial charge in [-0.1, -0.05) is 66.2 Å². The molecule has 148 valence electrons. The number of carbonyl (C=O) groups excluding carboxylic acids is 1. The lowest BCUT2D eigenvalue weighted by Crippen LogP contribution is -2.33. The Morgan fingerprint density at radius 3 is 2.41 bits per heavy atom. The second-order valence-electron chi connectivity index (χ2n) is 7.01. The van der Waals surface area contributed by atoms with Crippen molar-refractivity contribution >= 4 is 26.8 Å². The van der Waals surface area contributed by atoms with Gasteiger partial charge in [-0.3, -0.25) is 0 Å². The number of methoxy groups -OCH3 is 1. The highest BCUT2D eigenvalue weighted by Gasteiger charge is 2.41. The third-order valence-corrected chi connectivity index (χ3v) is 7.09. The number of nitrogens with zero attached hydrogens (tertiary/aromatic N) is 1. The molecule has 1 unspecified atom stereocenters. The van der Waals surface area contributed by atoms with Crippen LogP contribution in [0.3, 0.4) is 0 Å². The molecular formula is C23H21NO4S. The van der Waals surface area contributed by atoms with Crippen LogP contribution in [0.1, 0.15) is 17.2 Å². The lowest BCUT2D eigenvalue weighted by molar-refractivity contribution is -0.136. The molecule has 0 spiro atoms. The number of esters is 1. The van der Waals surface area contributed by atoms with Gasteiger partial charge in [-0.25, -0.2) is 13.2 Å². The Kier molecular flexibility index (Phi) is 4.98. The third-order valence-electron chi connectivity index (χ3n) is 5.24. The molecule has 6 heteroatoms. The number of hydrogen-bond acceptors (Lipinski definition) is 4. The number of carbonyl (C=O) groups is 1. The van der Waals surface area contributed by atoms with Gasteiger partial charge in [0.25, 0.3) is 0 Å². The quantitative estimate of drug-likeness (QED) is 0.614. The highest BCUT2D eigenvalue weighted by Crippen LogP contribution is 2.40. The van der Waals surface area contributed by atoms with Crippen molar-refractivity contribution in [3.05, 3.63) is 89.5 Å². The fourth-order valence-electron chi connectivity index (χ4n) is 3.77. The Morgan fingerprint density at radius 2 is 1.69 bits per heavy atom. The predicted molar refractivity (Wildman–Crippen MR) is 112 cm³/mol. The van der Waals surface area contributed by atoms with Gasteiger partial charge in [0.1, 0.15) is 0 Å².